The molecule has 0 unspecified atom stereocenters. The number of benzene rings is 2. The minimum Gasteiger partial charge on any atom is -0.399 e. The van der Waals surface area contributed by atoms with Gasteiger partial charge in [-0.05, 0) is 30.3 Å². The number of nitrogens with zero attached hydrogens (tertiary/aromatic N) is 2. The molecule has 0 spiro atoms. The summed E-state index contributed by atoms with van der Waals surface area (Å²) in [7, 11) is 2.09. The van der Waals surface area contributed by atoms with Crippen LogP contribution in [-0.4, -0.2) is 4.98 Å². The molecule has 22 heavy (non-hydrogen) atoms. The van der Waals surface area contributed by atoms with E-state index < -0.39 is 0 Å². The van der Waals surface area contributed by atoms with E-state index in [1.54, 1.807) is 6.20 Å². The smallest absolute Gasteiger partial charge is 0.222 e. The van der Waals surface area contributed by atoms with E-state index in [9.17, 15) is 0 Å². The van der Waals surface area contributed by atoms with Crippen molar-refractivity contribution in [2.24, 2.45) is 7.05 Å². The molecular weight excluding hydrogens is 270 g/mol. The summed E-state index contributed by atoms with van der Waals surface area (Å²) < 4.78 is 2.22. The Kier molecular flexibility index (Phi) is 2.79. The Hall–Kier alpha value is -2.94. The van der Waals surface area contributed by atoms with Gasteiger partial charge in [-0.15, -0.1) is 0 Å². The van der Waals surface area contributed by atoms with Gasteiger partial charge in [-0.3, -0.25) is 4.98 Å². The first-order chi connectivity index (χ1) is 10.8. The van der Waals surface area contributed by atoms with E-state index in [1.807, 2.05) is 24.4 Å². The van der Waals surface area contributed by atoms with E-state index in [0.29, 0.717) is 0 Å². The summed E-state index contributed by atoms with van der Waals surface area (Å²) in [5, 5.41) is 3.59. The summed E-state index contributed by atoms with van der Waals surface area (Å²) in [5.41, 5.74) is 10.2. The number of hydrogen-bond acceptors (Lipinski definition) is 2. The third-order valence-electron chi connectivity index (χ3n) is 4.12. The van der Waals surface area contributed by atoms with Crippen LogP contribution < -0.4 is 10.3 Å². The Bertz CT molecular complexity index is 992. The Balaban J connectivity index is 2.25. The number of aryl methyl sites for hydroxylation is 1. The zero-order chi connectivity index (χ0) is 15.1. The maximum atomic E-state index is 5.99. The molecule has 0 saturated carbocycles. The molecule has 4 aromatic rings. The maximum Gasteiger partial charge on any atom is 0.222 e. The Morgan fingerprint density at radius 2 is 1.73 bits per heavy atom. The van der Waals surface area contributed by atoms with Crippen LogP contribution in [0.3, 0.4) is 0 Å². The van der Waals surface area contributed by atoms with Crippen LogP contribution in [0.1, 0.15) is 0 Å². The highest BCUT2D eigenvalue weighted by molar-refractivity contribution is 6.09. The van der Waals surface area contributed by atoms with Gasteiger partial charge in [-0.1, -0.05) is 18.2 Å². The van der Waals surface area contributed by atoms with Gasteiger partial charge in [-0.2, -0.15) is 4.57 Å². The molecule has 3 nitrogen and oxygen atoms in total. The van der Waals surface area contributed by atoms with E-state index >= 15 is 0 Å². The SMILES string of the molecule is C[n+]1c(-c2cccnc2)c2ccccc2c2cc(N)ccc21. The second kappa shape index (κ2) is 4.81. The number of rotatable bonds is 1. The first kappa shape index (κ1) is 12.8. The van der Waals surface area contributed by atoms with Gasteiger partial charge in [0.25, 0.3) is 0 Å². The maximum absolute atomic E-state index is 5.99. The van der Waals surface area contributed by atoms with Gasteiger partial charge in [-0.25, -0.2) is 0 Å². The molecule has 2 aromatic heterocycles. The summed E-state index contributed by atoms with van der Waals surface area (Å²) in [4.78, 5) is 4.27. The molecule has 0 amide bonds. The molecule has 0 radical (unpaired) electrons. The van der Waals surface area contributed by atoms with Crippen LogP contribution >= 0.6 is 0 Å². The van der Waals surface area contributed by atoms with E-state index in [-0.39, 0.29) is 0 Å². The lowest BCUT2D eigenvalue weighted by Crippen LogP contribution is -2.32. The monoisotopic (exact) mass is 286 g/mol. The number of nitrogen functional groups attached to an aromatic ring is 1. The molecule has 0 atom stereocenters. The van der Waals surface area contributed by atoms with Crippen LogP contribution in [0.25, 0.3) is 32.9 Å². The normalized spacial score (nSPS) is 11.1. The number of anilines is 1. The largest absolute Gasteiger partial charge is 0.399 e. The third kappa shape index (κ3) is 1.83. The zero-order valence-electron chi connectivity index (χ0n) is 12.3. The van der Waals surface area contributed by atoms with Crippen LogP contribution in [-0.2, 0) is 7.05 Å². The summed E-state index contributed by atoms with van der Waals surface area (Å²) in [6, 6.07) is 18.6. The molecule has 2 N–H and O–H groups in total. The number of aromatic nitrogens is 2. The highest BCUT2D eigenvalue weighted by atomic mass is 14.9. The van der Waals surface area contributed by atoms with Crippen molar-refractivity contribution in [3.8, 4) is 11.3 Å². The molecule has 4 rings (SSSR count). The molecular formula is C19H16N3+. The lowest BCUT2D eigenvalue weighted by Gasteiger charge is -2.09. The van der Waals surface area contributed by atoms with Gasteiger partial charge in [0.2, 0.25) is 11.2 Å². The summed E-state index contributed by atoms with van der Waals surface area (Å²) in [6.45, 7) is 0. The third-order valence-corrected chi connectivity index (χ3v) is 4.12. The fraction of sp³-hybridized carbons (Fsp3) is 0.0526. The molecule has 0 aliphatic heterocycles. The average Bonchev–Trinajstić information content (AvgIpc) is 2.56. The van der Waals surface area contributed by atoms with Gasteiger partial charge in [0.05, 0.1) is 16.3 Å². The summed E-state index contributed by atoms with van der Waals surface area (Å²) in [6.07, 6.45) is 3.71. The van der Waals surface area contributed by atoms with Gasteiger partial charge in [0, 0.05) is 29.5 Å². The van der Waals surface area contributed by atoms with E-state index in [1.165, 1.54) is 21.9 Å². The molecule has 0 bridgehead atoms. The second-order valence-corrected chi connectivity index (χ2v) is 5.47. The summed E-state index contributed by atoms with van der Waals surface area (Å²) in [5.74, 6) is 0. The first-order valence-corrected chi connectivity index (χ1v) is 7.26. The van der Waals surface area contributed by atoms with Gasteiger partial charge in [0.15, 0.2) is 0 Å². The van der Waals surface area contributed by atoms with Crippen LogP contribution in [0.5, 0.6) is 0 Å². The molecule has 0 aliphatic carbocycles. The van der Waals surface area contributed by atoms with Gasteiger partial charge in [0.1, 0.15) is 7.05 Å². The van der Waals surface area contributed by atoms with Crippen molar-refractivity contribution < 1.29 is 4.57 Å². The number of pyridine rings is 2. The summed E-state index contributed by atoms with van der Waals surface area (Å²) >= 11 is 0. The number of hydrogen-bond donors (Lipinski definition) is 1. The standard InChI is InChI=1S/C19H16N3/c1-22-18-9-8-14(20)11-17(18)15-6-2-3-7-16(15)19(22)13-5-4-10-21-12-13/h2-12H,20H2,1H3/q+1. The average molecular weight is 286 g/mol. The molecule has 0 saturated heterocycles. The fourth-order valence-electron chi connectivity index (χ4n) is 3.14. The van der Waals surface area contributed by atoms with Crippen LogP contribution in [0.4, 0.5) is 5.69 Å². The molecule has 0 fully saturated rings. The van der Waals surface area contributed by atoms with Crippen molar-refractivity contribution in [2.75, 3.05) is 5.73 Å². The van der Waals surface area contributed by atoms with Crippen LogP contribution in [0.2, 0.25) is 0 Å². The minimum atomic E-state index is 0.784. The molecule has 2 aromatic carbocycles. The zero-order valence-corrected chi connectivity index (χ0v) is 12.3. The van der Waals surface area contributed by atoms with E-state index in [4.69, 9.17) is 5.73 Å². The lowest BCUT2D eigenvalue weighted by atomic mass is 10.00. The molecule has 0 aliphatic rings. The van der Waals surface area contributed by atoms with Crippen molar-refractivity contribution >= 4 is 27.4 Å². The lowest BCUT2D eigenvalue weighted by molar-refractivity contribution is -0.632. The van der Waals surface area contributed by atoms with E-state index in [2.05, 4.69) is 53.0 Å². The number of nitrogens with two attached hydrogens (primary N) is 1. The van der Waals surface area contributed by atoms with Crippen molar-refractivity contribution in [3.63, 3.8) is 0 Å². The quantitative estimate of drug-likeness (QED) is 0.331. The predicted molar refractivity (Wildman–Crippen MR) is 90.3 cm³/mol. The predicted octanol–water partition coefficient (Wildman–Crippen LogP) is 3.46. The molecule has 2 heterocycles. The Morgan fingerprint density at radius 3 is 2.50 bits per heavy atom. The Labute approximate surface area is 128 Å². The molecule has 3 heteroatoms. The first-order valence-electron chi connectivity index (χ1n) is 7.26. The topological polar surface area (TPSA) is 42.8 Å². The minimum absolute atomic E-state index is 0.784. The second-order valence-electron chi connectivity index (χ2n) is 5.47. The van der Waals surface area contributed by atoms with Gasteiger partial charge >= 0.3 is 0 Å². The Morgan fingerprint density at radius 1 is 0.909 bits per heavy atom. The fourth-order valence-corrected chi connectivity index (χ4v) is 3.14. The van der Waals surface area contributed by atoms with E-state index in [0.717, 1.165) is 16.8 Å². The van der Waals surface area contributed by atoms with Crippen LogP contribution in [0, 0.1) is 0 Å². The number of fused-ring (bicyclic) bond motifs is 3. The highest BCUT2D eigenvalue weighted by Gasteiger charge is 2.20. The van der Waals surface area contributed by atoms with Gasteiger partial charge < -0.3 is 5.73 Å². The van der Waals surface area contributed by atoms with Crippen molar-refractivity contribution in [3.05, 3.63) is 67.0 Å². The highest BCUT2D eigenvalue weighted by Crippen LogP contribution is 2.31. The van der Waals surface area contributed by atoms with Crippen molar-refractivity contribution in [1.82, 2.24) is 4.98 Å². The van der Waals surface area contributed by atoms with Crippen LogP contribution in [0.15, 0.2) is 67.0 Å². The van der Waals surface area contributed by atoms with Crippen molar-refractivity contribution in [2.45, 2.75) is 0 Å². The molecule has 106 valence electrons. The van der Waals surface area contributed by atoms with Crippen molar-refractivity contribution in [1.29, 1.82) is 0 Å².